The summed E-state index contributed by atoms with van der Waals surface area (Å²) in [6.07, 6.45) is 0. The monoisotopic (exact) mass is 374 g/mol. The first-order chi connectivity index (χ1) is 13.4. The van der Waals surface area contributed by atoms with Gasteiger partial charge in [0.1, 0.15) is 5.75 Å². The molecular weight excluding hydrogens is 348 g/mol. The maximum atomic E-state index is 6.34. The maximum Gasteiger partial charge on any atom is 0.198 e. The van der Waals surface area contributed by atoms with Gasteiger partial charge in [0, 0.05) is 0 Å². The number of rotatable bonds is 4. The summed E-state index contributed by atoms with van der Waals surface area (Å²) < 4.78 is 5.33. The Morgan fingerprint density at radius 3 is 2.25 bits per heavy atom. The lowest BCUT2D eigenvalue weighted by atomic mass is 9.94. The zero-order valence-corrected chi connectivity index (χ0v) is 16.7. The van der Waals surface area contributed by atoms with Crippen LogP contribution in [-0.2, 0) is 0 Å². The number of aliphatic imine (C=N–C) groups is 1. The number of methoxy groups -OCH3 is 1. The number of nitrogen functional groups attached to an aromatic ring is 1. The summed E-state index contributed by atoms with van der Waals surface area (Å²) in [6.45, 7) is 6.20. The second-order valence-corrected chi connectivity index (χ2v) is 6.82. The number of benzene rings is 3. The number of nitrogens with one attached hydrogen (secondary N) is 1. The molecule has 0 saturated heterocycles. The SMILES string of the molecule is COc1ccccc1NC(N)=Nc1c(C)cc(-c2c(C)cccc2C)cc1N. The number of aryl methyl sites for hydroxylation is 3. The molecule has 5 nitrogen and oxygen atoms in total. The van der Waals surface area contributed by atoms with E-state index in [0.717, 1.165) is 16.8 Å². The third-order valence-corrected chi connectivity index (χ3v) is 4.70. The van der Waals surface area contributed by atoms with E-state index in [1.165, 1.54) is 16.7 Å². The van der Waals surface area contributed by atoms with Gasteiger partial charge >= 0.3 is 0 Å². The third kappa shape index (κ3) is 3.93. The Kier molecular flexibility index (Phi) is 5.54. The molecule has 0 atom stereocenters. The van der Waals surface area contributed by atoms with Crippen LogP contribution in [0.4, 0.5) is 17.1 Å². The molecule has 0 aliphatic carbocycles. The van der Waals surface area contributed by atoms with Crippen molar-refractivity contribution in [3.8, 4) is 16.9 Å². The van der Waals surface area contributed by atoms with Crippen LogP contribution in [0, 0.1) is 20.8 Å². The summed E-state index contributed by atoms with van der Waals surface area (Å²) in [4.78, 5) is 4.51. The molecule has 0 aliphatic rings. The van der Waals surface area contributed by atoms with Crippen molar-refractivity contribution in [1.29, 1.82) is 0 Å². The van der Waals surface area contributed by atoms with Crippen molar-refractivity contribution in [2.24, 2.45) is 10.7 Å². The van der Waals surface area contributed by atoms with Crippen LogP contribution in [0.25, 0.3) is 11.1 Å². The molecule has 0 saturated carbocycles. The molecule has 144 valence electrons. The lowest BCUT2D eigenvalue weighted by molar-refractivity contribution is 0.417. The second-order valence-electron chi connectivity index (χ2n) is 6.82. The number of hydrogen-bond acceptors (Lipinski definition) is 3. The highest BCUT2D eigenvalue weighted by molar-refractivity contribution is 5.96. The van der Waals surface area contributed by atoms with Gasteiger partial charge in [0.2, 0.25) is 0 Å². The van der Waals surface area contributed by atoms with Gasteiger partial charge in [-0.3, -0.25) is 0 Å². The summed E-state index contributed by atoms with van der Waals surface area (Å²) in [5.74, 6) is 0.940. The maximum absolute atomic E-state index is 6.34. The fraction of sp³-hybridized carbons (Fsp3) is 0.174. The summed E-state index contributed by atoms with van der Waals surface area (Å²) in [6, 6.07) is 17.9. The standard InChI is InChI=1S/C23H26N4O/c1-14-8-7-9-15(2)21(14)17-12-16(3)22(18(24)13-17)27-23(25)26-19-10-5-6-11-20(19)28-4/h5-13H,24H2,1-4H3,(H3,25,26,27). The van der Waals surface area contributed by atoms with Crippen molar-refractivity contribution in [2.45, 2.75) is 20.8 Å². The van der Waals surface area contributed by atoms with Crippen molar-refractivity contribution in [1.82, 2.24) is 0 Å². The Morgan fingerprint density at radius 1 is 0.929 bits per heavy atom. The van der Waals surface area contributed by atoms with Gasteiger partial charge < -0.3 is 21.5 Å². The Hall–Kier alpha value is -3.47. The zero-order chi connectivity index (χ0) is 20.3. The number of para-hydroxylation sites is 2. The molecule has 3 aromatic carbocycles. The minimum atomic E-state index is 0.249. The molecule has 5 heteroatoms. The van der Waals surface area contributed by atoms with Crippen LogP contribution in [0.3, 0.4) is 0 Å². The molecule has 3 aromatic rings. The first kappa shape index (κ1) is 19.3. The average Bonchev–Trinajstić information content (AvgIpc) is 2.65. The summed E-state index contributed by atoms with van der Waals surface area (Å²) in [5, 5.41) is 3.08. The molecule has 0 radical (unpaired) electrons. The summed E-state index contributed by atoms with van der Waals surface area (Å²) >= 11 is 0. The van der Waals surface area contributed by atoms with E-state index in [9.17, 15) is 0 Å². The van der Waals surface area contributed by atoms with Crippen molar-refractivity contribution in [3.63, 3.8) is 0 Å². The number of hydrogen-bond donors (Lipinski definition) is 3. The van der Waals surface area contributed by atoms with Gasteiger partial charge in [-0.1, -0.05) is 30.3 Å². The first-order valence-corrected chi connectivity index (χ1v) is 9.11. The van der Waals surface area contributed by atoms with Gasteiger partial charge in [-0.25, -0.2) is 4.99 Å². The highest BCUT2D eigenvalue weighted by atomic mass is 16.5. The van der Waals surface area contributed by atoms with Crippen molar-refractivity contribution < 1.29 is 4.74 Å². The van der Waals surface area contributed by atoms with Crippen molar-refractivity contribution in [2.75, 3.05) is 18.2 Å². The number of nitrogens with two attached hydrogens (primary N) is 2. The van der Waals surface area contributed by atoms with Gasteiger partial charge in [-0.15, -0.1) is 0 Å². The quantitative estimate of drug-likeness (QED) is 0.343. The van der Waals surface area contributed by atoms with Crippen LogP contribution in [0.5, 0.6) is 5.75 Å². The summed E-state index contributed by atoms with van der Waals surface area (Å²) in [5.41, 5.74) is 20.1. The molecule has 5 N–H and O–H groups in total. The number of guanidine groups is 1. The van der Waals surface area contributed by atoms with E-state index >= 15 is 0 Å². The fourth-order valence-electron chi connectivity index (χ4n) is 3.41. The van der Waals surface area contributed by atoms with Gasteiger partial charge in [-0.05, 0) is 72.9 Å². The zero-order valence-electron chi connectivity index (χ0n) is 16.7. The molecule has 28 heavy (non-hydrogen) atoms. The number of nitrogens with zero attached hydrogens (tertiary/aromatic N) is 1. The highest BCUT2D eigenvalue weighted by Gasteiger charge is 2.11. The van der Waals surface area contributed by atoms with Crippen molar-refractivity contribution in [3.05, 3.63) is 71.3 Å². The molecule has 0 heterocycles. The van der Waals surface area contributed by atoms with Crippen molar-refractivity contribution >= 4 is 23.0 Å². The van der Waals surface area contributed by atoms with E-state index in [0.29, 0.717) is 17.1 Å². The lowest BCUT2D eigenvalue weighted by Gasteiger charge is -2.15. The second kappa shape index (κ2) is 8.05. The molecule has 3 rings (SSSR count). The van der Waals surface area contributed by atoms with Crippen LogP contribution in [0.15, 0.2) is 59.6 Å². The van der Waals surface area contributed by atoms with Crippen LogP contribution in [-0.4, -0.2) is 13.1 Å². The predicted molar refractivity (Wildman–Crippen MR) is 118 cm³/mol. The molecule has 0 fully saturated rings. The van der Waals surface area contributed by atoms with Crippen LogP contribution >= 0.6 is 0 Å². The van der Waals surface area contributed by atoms with Crippen LogP contribution < -0.4 is 21.5 Å². The number of ether oxygens (including phenoxy) is 1. The Bertz CT molecular complexity index is 997. The minimum absolute atomic E-state index is 0.249. The van der Waals surface area contributed by atoms with Gasteiger partial charge in [0.25, 0.3) is 0 Å². The molecule has 0 bridgehead atoms. The number of anilines is 2. The molecule has 0 aliphatic heterocycles. The third-order valence-electron chi connectivity index (χ3n) is 4.70. The van der Waals surface area contributed by atoms with E-state index in [-0.39, 0.29) is 5.96 Å². The molecule has 0 aromatic heterocycles. The molecule has 0 unspecified atom stereocenters. The highest BCUT2D eigenvalue weighted by Crippen LogP contribution is 2.35. The van der Waals surface area contributed by atoms with E-state index in [2.05, 4.69) is 48.4 Å². The smallest absolute Gasteiger partial charge is 0.198 e. The van der Waals surface area contributed by atoms with E-state index in [1.807, 2.05) is 37.3 Å². The van der Waals surface area contributed by atoms with E-state index in [1.54, 1.807) is 7.11 Å². The largest absolute Gasteiger partial charge is 0.495 e. The van der Waals surface area contributed by atoms with E-state index < -0.39 is 0 Å². The topological polar surface area (TPSA) is 85.7 Å². The molecule has 0 spiro atoms. The molecule has 0 amide bonds. The lowest BCUT2D eigenvalue weighted by Crippen LogP contribution is -2.22. The summed E-state index contributed by atoms with van der Waals surface area (Å²) in [7, 11) is 1.61. The minimum Gasteiger partial charge on any atom is -0.495 e. The first-order valence-electron chi connectivity index (χ1n) is 9.11. The Balaban J connectivity index is 1.96. The fourth-order valence-corrected chi connectivity index (χ4v) is 3.41. The van der Waals surface area contributed by atoms with Gasteiger partial charge in [-0.2, -0.15) is 0 Å². The Morgan fingerprint density at radius 2 is 1.61 bits per heavy atom. The normalized spacial score (nSPS) is 11.4. The van der Waals surface area contributed by atoms with Crippen LogP contribution in [0.1, 0.15) is 16.7 Å². The Labute approximate surface area is 166 Å². The van der Waals surface area contributed by atoms with Crippen LogP contribution in [0.2, 0.25) is 0 Å². The van der Waals surface area contributed by atoms with E-state index in [4.69, 9.17) is 16.2 Å². The predicted octanol–water partition coefficient (Wildman–Crippen LogP) is 4.93. The molecular formula is C23H26N4O. The van der Waals surface area contributed by atoms with Gasteiger partial charge in [0.15, 0.2) is 5.96 Å². The van der Waals surface area contributed by atoms with Gasteiger partial charge in [0.05, 0.1) is 24.2 Å². The average molecular weight is 374 g/mol.